The van der Waals surface area contributed by atoms with Crippen LogP contribution in [-0.4, -0.2) is 43.9 Å². The zero-order chi connectivity index (χ0) is 21.0. The molecule has 0 saturated carbocycles. The number of nitrogens with one attached hydrogen (secondary N) is 1. The van der Waals surface area contributed by atoms with E-state index < -0.39 is 0 Å². The number of para-hydroxylation sites is 4. The summed E-state index contributed by atoms with van der Waals surface area (Å²) < 4.78 is 0. The molecule has 0 heterocycles. The summed E-state index contributed by atoms with van der Waals surface area (Å²) in [4.78, 5) is 2.99. The standard InChI is InChI=1S/C13H13NO.C13H11NO.2Li/c15-13-9-5-4-6-11(13)10-14-12-7-2-1-3-8-12;15-13-9-5-4-8-12(13)14-10-11-6-2-1-3-7-11;;/h1-9,14-15H,10H2;1-10,15H;;/q;;2*-1. The average Bonchev–Trinajstić information content (AvgIpc) is 2.80. The van der Waals surface area contributed by atoms with E-state index in [2.05, 4.69) is 10.3 Å². The van der Waals surface area contributed by atoms with Crippen LogP contribution in [0.3, 0.4) is 0 Å². The summed E-state index contributed by atoms with van der Waals surface area (Å²) in [5.41, 5.74) is 3.64. The molecule has 4 aromatic carbocycles. The summed E-state index contributed by atoms with van der Waals surface area (Å²) in [6.07, 6.45) is 1.82. The predicted octanol–water partition coefficient (Wildman–Crippen LogP) is 0.985. The summed E-state index contributed by atoms with van der Waals surface area (Å²) in [5, 5.41) is 24.8. The molecule has 3 N–H and O–H groups in total. The fraction of sp³-hybridized carbons (Fsp3) is 0.0385. The van der Waals surface area contributed by atoms with Gasteiger partial charge in [-0.3, -0.25) is 0 Å². The molecule has 4 radical (unpaired) electrons. The quantitative estimate of drug-likeness (QED) is 0.293. The molecule has 0 aliphatic carbocycles. The van der Waals surface area contributed by atoms with Crippen LogP contribution in [-0.2, 0) is 6.54 Å². The molecular formula is C26H24Li2N2O2-2. The largest absolute Gasteiger partial charge is 1.00 e. The Kier molecular flexibility index (Phi) is 13.0. The van der Waals surface area contributed by atoms with Crippen LogP contribution in [0.4, 0.5) is 11.4 Å². The van der Waals surface area contributed by atoms with E-state index in [9.17, 15) is 10.2 Å². The topological polar surface area (TPSA) is 76.7 Å². The molecule has 0 bridgehead atoms. The van der Waals surface area contributed by atoms with Crippen molar-refractivity contribution in [3.8, 4) is 11.5 Å². The molecule has 0 unspecified atom stereocenters. The molecule has 0 saturated heterocycles. The Bertz CT molecular complexity index is 1080. The molecular weight excluding hydrogens is 386 g/mol. The van der Waals surface area contributed by atoms with Gasteiger partial charge in [-0.1, -0.05) is 78.9 Å². The summed E-state index contributed by atoms with van der Waals surface area (Å²) >= 11 is 0. The van der Waals surface area contributed by atoms with Crippen molar-refractivity contribution in [2.24, 2.45) is 0 Å². The van der Waals surface area contributed by atoms with Crippen molar-refractivity contribution in [3.63, 3.8) is 0 Å². The molecule has 4 rings (SSSR count). The molecule has 154 valence electrons. The SMILES string of the molecule is [Li-].[Li-].[O-]c1ccccc1C[NH2+]c1ccccc1.[O-]c1ccccc1[NH+]=Cc1ccccc1. The van der Waals surface area contributed by atoms with Crippen LogP contribution >= 0.6 is 0 Å². The molecule has 0 atom stereocenters. The minimum Gasteiger partial charge on any atom is -1.00 e. The monoisotopic (exact) mass is 410 g/mol. The van der Waals surface area contributed by atoms with Gasteiger partial charge in [0.2, 0.25) is 0 Å². The van der Waals surface area contributed by atoms with Gasteiger partial charge >= 0.3 is 0 Å². The van der Waals surface area contributed by atoms with Gasteiger partial charge in [-0.05, 0) is 35.6 Å². The Morgan fingerprint density at radius 3 is 1.78 bits per heavy atom. The van der Waals surface area contributed by atoms with Crippen molar-refractivity contribution in [2.45, 2.75) is 6.54 Å². The second-order valence-corrected chi connectivity index (χ2v) is 6.62. The van der Waals surface area contributed by atoms with Crippen LogP contribution in [0.2, 0.25) is 0 Å². The minimum absolute atomic E-state index is 0. The Morgan fingerprint density at radius 1 is 0.625 bits per heavy atom. The molecule has 4 nitrogen and oxygen atoms in total. The Hall–Kier alpha value is -2.70. The first-order valence-electron chi connectivity index (χ1n) is 9.76. The van der Waals surface area contributed by atoms with Crippen molar-refractivity contribution >= 4 is 55.3 Å². The number of rotatable bonds is 5. The second kappa shape index (κ2) is 15.2. The Morgan fingerprint density at radius 2 is 1.16 bits per heavy atom. The zero-order valence-corrected chi connectivity index (χ0v) is 18.6. The van der Waals surface area contributed by atoms with Gasteiger partial charge in [-0.15, -0.1) is 5.75 Å². The summed E-state index contributed by atoms with van der Waals surface area (Å²) in [5.74, 6) is 0.120. The third kappa shape index (κ3) is 9.20. The average molecular weight is 410 g/mol. The third-order valence-corrected chi connectivity index (χ3v) is 4.41. The van der Waals surface area contributed by atoms with Crippen LogP contribution in [0.25, 0.3) is 0 Å². The zero-order valence-electron chi connectivity index (χ0n) is 18.6. The number of hydrogen-bond acceptors (Lipinski definition) is 2. The van der Waals surface area contributed by atoms with Gasteiger partial charge < -0.3 is 53.3 Å². The van der Waals surface area contributed by atoms with Crippen LogP contribution < -0.4 is 20.5 Å². The van der Waals surface area contributed by atoms with Gasteiger partial charge in [0, 0.05) is 11.6 Å². The maximum atomic E-state index is 11.4. The van der Waals surface area contributed by atoms with Crippen LogP contribution in [0.1, 0.15) is 11.1 Å². The van der Waals surface area contributed by atoms with Crippen molar-refractivity contribution in [2.75, 3.05) is 0 Å². The van der Waals surface area contributed by atoms with Gasteiger partial charge in [-0.25, -0.2) is 4.99 Å². The first-order chi connectivity index (χ1) is 14.7. The van der Waals surface area contributed by atoms with E-state index in [1.54, 1.807) is 30.3 Å². The Balaban J connectivity index is 0.000000301. The number of quaternary nitrogens is 1. The van der Waals surface area contributed by atoms with Gasteiger partial charge in [0.25, 0.3) is 0 Å². The molecule has 0 fully saturated rings. The van der Waals surface area contributed by atoms with E-state index in [0.29, 0.717) is 12.2 Å². The minimum atomic E-state index is 0. The van der Waals surface area contributed by atoms with Crippen molar-refractivity contribution in [1.82, 2.24) is 0 Å². The van der Waals surface area contributed by atoms with E-state index in [1.165, 1.54) is 0 Å². The first-order valence-corrected chi connectivity index (χ1v) is 9.76. The van der Waals surface area contributed by atoms with E-state index in [0.717, 1.165) is 16.8 Å². The third-order valence-electron chi connectivity index (χ3n) is 4.41. The smallest absolute Gasteiger partial charge is 0.195 e. The van der Waals surface area contributed by atoms with Gasteiger partial charge in [0.05, 0.1) is 0 Å². The fourth-order valence-electron chi connectivity index (χ4n) is 2.79. The molecule has 0 aliphatic heterocycles. The van der Waals surface area contributed by atoms with Gasteiger partial charge in [-0.2, -0.15) is 0 Å². The Labute approximate surface area is 213 Å². The molecule has 32 heavy (non-hydrogen) atoms. The maximum Gasteiger partial charge on any atom is 0.195 e. The second-order valence-electron chi connectivity index (χ2n) is 6.62. The molecule has 0 amide bonds. The van der Waals surface area contributed by atoms with Crippen molar-refractivity contribution in [1.29, 1.82) is 0 Å². The van der Waals surface area contributed by atoms with E-state index in [1.807, 2.05) is 85.1 Å². The van der Waals surface area contributed by atoms with Gasteiger partial charge in [0.1, 0.15) is 12.2 Å². The van der Waals surface area contributed by atoms with E-state index >= 15 is 0 Å². The van der Waals surface area contributed by atoms with Crippen LogP contribution in [0, 0.1) is 0 Å². The first kappa shape index (κ1) is 27.3. The summed E-state index contributed by atoms with van der Waals surface area (Å²) in [6, 6.07) is 33.9. The number of benzene rings is 4. The summed E-state index contributed by atoms with van der Waals surface area (Å²) in [7, 11) is 0. The van der Waals surface area contributed by atoms with Crippen molar-refractivity contribution in [3.05, 3.63) is 120 Å². The van der Waals surface area contributed by atoms with Crippen LogP contribution in [0.5, 0.6) is 11.5 Å². The molecule has 0 aliphatic rings. The number of hydrogen-bond donors (Lipinski definition) is 2. The van der Waals surface area contributed by atoms with E-state index in [-0.39, 0.29) is 49.2 Å². The van der Waals surface area contributed by atoms with Crippen molar-refractivity contribution < 1.29 is 20.5 Å². The normalized spacial score (nSPS) is 9.75. The number of nitrogens with two attached hydrogens (primary N) is 1. The van der Waals surface area contributed by atoms with Gasteiger partial charge in [0.15, 0.2) is 11.9 Å². The fourth-order valence-corrected chi connectivity index (χ4v) is 2.79. The predicted molar refractivity (Wildman–Crippen MR) is 127 cm³/mol. The van der Waals surface area contributed by atoms with E-state index in [4.69, 9.17) is 0 Å². The molecule has 6 heteroatoms. The van der Waals surface area contributed by atoms with Crippen LogP contribution in [0.15, 0.2) is 109 Å². The maximum absolute atomic E-state index is 11.4. The molecule has 0 spiro atoms. The molecule has 4 aromatic rings. The summed E-state index contributed by atoms with van der Waals surface area (Å²) in [6.45, 7) is 0.698. The molecule has 0 aromatic heterocycles.